The molecule has 0 aliphatic carbocycles. The Bertz CT molecular complexity index is 462. The number of rotatable bonds is 7. The minimum Gasteiger partial charge on any atom is -0.480 e. The van der Waals surface area contributed by atoms with Crippen molar-refractivity contribution in [2.24, 2.45) is 0 Å². The second kappa shape index (κ2) is 7.35. The van der Waals surface area contributed by atoms with Crippen molar-refractivity contribution in [3.05, 3.63) is 29.6 Å². The summed E-state index contributed by atoms with van der Waals surface area (Å²) < 4.78 is 18.4. The van der Waals surface area contributed by atoms with Gasteiger partial charge in [-0.05, 0) is 18.6 Å². The van der Waals surface area contributed by atoms with Gasteiger partial charge in [0, 0.05) is 6.54 Å². The molecule has 0 fully saturated rings. The largest absolute Gasteiger partial charge is 0.480 e. The molecule has 19 heavy (non-hydrogen) atoms. The molecule has 1 aromatic carbocycles. The van der Waals surface area contributed by atoms with Crippen LogP contribution in [0.3, 0.4) is 0 Å². The molecule has 1 rings (SSSR count). The van der Waals surface area contributed by atoms with Gasteiger partial charge in [-0.2, -0.15) is 0 Å². The Kier molecular flexibility index (Phi) is 5.78. The van der Waals surface area contributed by atoms with Gasteiger partial charge < -0.3 is 15.2 Å². The van der Waals surface area contributed by atoms with E-state index in [0.29, 0.717) is 6.54 Å². The molecule has 0 unspecified atom stereocenters. The smallest absolute Gasteiger partial charge is 0.339 e. The van der Waals surface area contributed by atoms with E-state index in [1.807, 2.05) is 6.92 Å². The highest BCUT2D eigenvalue weighted by molar-refractivity contribution is 5.91. The second-order valence-corrected chi connectivity index (χ2v) is 3.91. The Balaban J connectivity index is 2.62. The number of carbonyl (C=O) groups is 2. The minimum atomic E-state index is -1.30. The molecule has 0 radical (unpaired) electrons. The second-order valence-electron chi connectivity index (χ2n) is 3.91. The van der Waals surface area contributed by atoms with Crippen LogP contribution < -0.4 is 10.1 Å². The number of para-hydroxylation sites is 1. The van der Waals surface area contributed by atoms with Crippen LogP contribution in [0.25, 0.3) is 0 Å². The number of carboxylic acid groups (broad SMARTS) is 1. The van der Waals surface area contributed by atoms with Gasteiger partial charge in [0.15, 0.2) is 18.2 Å². The molecule has 0 saturated heterocycles. The van der Waals surface area contributed by atoms with Crippen molar-refractivity contribution in [3.8, 4) is 5.75 Å². The zero-order valence-corrected chi connectivity index (χ0v) is 10.6. The van der Waals surface area contributed by atoms with Gasteiger partial charge in [0.25, 0.3) is 5.91 Å². The topological polar surface area (TPSA) is 75.6 Å². The lowest BCUT2D eigenvalue weighted by atomic mass is 10.2. The van der Waals surface area contributed by atoms with Crippen LogP contribution in [0.1, 0.15) is 30.1 Å². The number of hydrogen-bond donors (Lipinski definition) is 2. The Morgan fingerprint density at radius 2 is 2.16 bits per heavy atom. The molecule has 104 valence electrons. The molecule has 5 nitrogen and oxygen atoms in total. The summed E-state index contributed by atoms with van der Waals surface area (Å²) in [5, 5.41) is 11.5. The first-order valence-corrected chi connectivity index (χ1v) is 5.97. The average Bonchev–Trinajstić information content (AvgIpc) is 2.37. The molecule has 1 amide bonds. The third-order valence-corrected chi connectivity index (χ3v) is 2.40. The summed E-state index contributed by atoms with van der Waals surface area (Å²) in [6.45, 7) is 2.09. The van der Waals surface area contributed by atoms with E-state index in [2.05, 4.69) is 5.32 Å². The third kappa shape index (κ3) is 4.57. The van der Waals surface area contributed by atoms with Gasteiger partial charge in [0.2, 0.25) is 0 Å². The average molecular weight is 269 g/mol. The van der Waals surface area contributed by atoms with Gasteiger partial charge in [0.05, 0.1) is 0 Å². The fraction of sp³-hybridized carbons (Fsp3) is 0.385. The van der Waals surface area contributed by atoms with Gasteiger partial charge in [-0.1, -0.05) is 19.4 Å². The standard InChI is InChI=1S/C13H16FNO4/c1-2-3-7-15-11(16)8-19-12-9(13(17)18)5-4-6-10(12)14/h4-6H,2-3,7-8H2,1H3,(H,15,16)(H,17,18). The molecule has 0 spiro atoms. The highest BCUT2D eigenvalue weighted by Gasteiger charge is 2.16. The summed E-state index contributed by atoms with van der Waals surface area (Å²) >= 11 is 0. The van der Waals surface area contributed by atoms with Crippen molar-refractivity contribution in [1.82, 2.24) is 5.32 Å². The zero-order chi connectivity index (χ0) is 14.3. The maximum atomic E-state index is 13.4. The van der Waals surface area contributed by atoms with Gasteiger partial charge in [-0.25, -0.2) is 9.18 Å². The van der Waals surface area contributed by atoms with Crippen molar-refractivity contribution in [1.29, 1.82) is 0 Å². The fourth-order valence-electron chi connectivity index (χ4n) is 1.42. The van der Waals surface area contributed by atoms with Crippen molar-refractivity contribution in [3.63, 3.8) is 0 Å². The summed E-state index contributed by atoms with van der Waals surface area (Å²) in [5.41, 5.74) is -0.304. The number of nitrogens with one attached hydrogen (secondary N) is 1. The van der Waals surface area contributed by atoms with Crippen LogP contribution in [0.5, 0.6) is 5.75 Å². The Morgan fingerprint density at radius 3 is 2.79 bits per heavy atom. The minimum absolute atomic E-state index is 0.304. The molecular formula is C13H16FNO4. The van der Waals surface area contributed by atoms with Crippen LogP contribution in [0.15, 0.2) is 18.2 Å². The first-order chi connectivity index (χ1) is 9.06. The van der Waals surface area contributed by atoms with E-state index >= 15 is 0 Å². The molecule has 6 heteroatoms. The predicted octanol–water partition coefficient (Wildman–Crippen LogP) is 1.82. The molecular weight excluding hydrogens is 253 g/mol. The van der Waals surface area contributed by atoms with Gasteiger partial charge >= 0.3 is 5.97 Å². The number of carboxylic acids is 1. The van der Waals surface area contributed by atoms with Crippen molar-refractivity contribution < 1.29 is 23.8 Å². The van der Waals surface area contributed by atoms with Crippen LogP contribution in [-0.4, -0.2) is 30.1 Å². The van der Waals surface area contributed by atoms with Crippen LogP contribution in [-0.2, 0) is 4.79 Å². The van der Waals surface area contributed by atoms with Crippen molar-refractivity contribution >= 4 is 11.9 Å². The lowest BCUT2D eigenvalue weighted by Gasteiger charge is -2.10. The first kappa shape index (κ1) is 14.9. The van der Waals surface area contributed by atoms with Crippen LogP contribution >= 0.6 is 0 Å². The number of benzene rings is 1. The van der Waals surface area contributed by atoms with E-state index in [4.69, 9.17) is 9.84 Å². The summed E-state index contributed by atoms with van der Waals surface area (Å²) in [6, 6.07) is 3.57. The number of amides is 1. The lowest BCUT2D eigenvalue weighted by Crippen LogP contribution is -2.30. The monoisotopic (exact) mass is 269 g/mol. The zero-order valence-electron chi connectivity index (χ0n) is 10.6. The van der Waals surface area contributed by atoms with E-state index in [-0.39, 0.29) is 5.56 Å². The van der Waals surface area contributed by atoms with Crippen LogP contribution in [0.2, 0.25) is 0 Å². The van der Waals surface area contributed by atoms with E-state index in [9.17, 15) is 14.0 Å². The third-order valence-electron chi connectivity index (χ3n) is 2.40. The molecule has 0 heterocycles. The SMILES string of the molecule is CCCCNC(=O)COc1c(F)cccc1C(=O)O. The lowest BCUT2D eigenvalue weighted by molar-refractivity contribution is -0.123. The highest BCUT2D eigenvalue weighted by Crippen LogP contribution is 2.22. The Labute approximate surface area is 110 Å². The Hall–Kier alpha value is -2.11. The van der Waals surface area contributed by atoms with Gasteiger partial charge in [-0.3, -0.25) is 4.79 Å². The maximum absolute atomic E-state index is 13.4. The normalized spacial score (nSPS) is 10.0. The van der Waals surface area contributed by atoms with E-state index in [1.54, 1.807) is 0 Å². The van der Waals surface area contributed by atoms with Gasteiger partial charge in [-0.15, -0.1) is 0 Å². The molecule has 2 N–H and O–H groups in total. The molecule has 0 aliphatic heterocycles. The van der Waals surface area contributed by atoms with Gasteiger partial charge in [0.1, 0.15) is 5.56 Å². The van der Waals surface area contributed by atoms with E-state index in [1.165, 1.54) is 12.1 Å². The summed E-state index contributed by atoms with van der Waals surface area (Å²) in [6.07, 6.45) is 1.78. The van der Waals surface area contributed by atoms with Crippen molar-refractivity contribution in [2.45, 2.75) is 19.8 Å². The van der Waals surface area contributed by atoms with Crippen LogP contribution in [0, 0.1) is 5.82 Å². The summed E-state index contributed by atoms with van der Waals surface area (Å²) in [4.78, 5) is 22.3. The quantitative estimate of drug-likeness (QED) is 0.740. The van der Waals surface area contributed by atoms with E-state index < -0.39 is 30.1 Å². The molecule has 1 aromatic rings. The van der Waals surface area contributed by atoms with E-state index in [0.717, 1.165) is 18.9 Å². The molecule has 0 saturated carbocycles. The number of halogens is 1. The molecule has 0 bridgehead atoms. The number of unbranched alkanes of at least 4 members (excludes halogenated alkanes) is 1. The predicted molar refractivity (Wildman–Crippen MR) is 66.8 cm³/mol. The highest BCUT2D eigenvalue weighted by atomic mass is 19.1. The van der Waals surface area contributed by atoms with Crippen LogP contribution in [0.4, 0.5) is 4.39 Å². The fourth-order valence-corrected chi connectivity index (χ4v) is 1.42. The Morgan fingerprint density at radius 1 is 1.42 bits per heavy atom. The number of carbonyl (C=O) groups excluding carboxylic acids is 1. The summed E-state index contributed by atoms with van der Waals surface area (Å²) in [7, 11) is 0. The molecule has 0 aromatic heterocycles. The molecule has 0 aliphatic rings. The van der Waals surface area contributed by atoms with Crippen molar-refractivity contribution in [2.75, 3.05) is 13.2 Å². The number of ether oxygens (including phenoxy) is 1. The number of aromatic carboxylic acids is 1. The number of hydrogen-bond acceptors (Lipinski definition) is 3. The molecule has 0 atom stereocenters. The summed E-state index contributed by atoms with van der Waals surface area (Å²) in [5.74, 6) is -2.93. The maximum Gasteiger partial charge on any atom is 0.339 e. The first-order valence-electron chi connectivity index (χ1n) is 5.97.